The van der Waals surface area contributed by atoms with E-state index in [0.717, 1.165) is 12.1 Å². The van der Waals surface area contributed by atoms with Crippen molar-refractivity contribution in [2.45, 2.75) is 19.8 Å². The van der Waals surface area contributed by atoms with Crippen molar-refractivity contribution in [3.63, 3.8) is 0 Å². The summed E-state index contributed by atoms with van der Waals surface area (Å²) in [6.45, 7) is 2.02. The number of carbonyl (C=O) groups excluding carboxylic acids is 3. The Morgan fingerprint density at radius 2 is 2.00 bits per heavy atom. The summed E-state index contributed by atoms with van der Waals surface area (Å²) >= 11 is 0. The molecule has 1 atom stereocenters. The van der Waals surface area contributed by atoms with Crippen LogP contribution in [0.2, 0.25) is 0 Å². The number of esters is 1. The van der Waals surface area contributed by atoms with Crippen LogP contribution in [0, 0.1) is 5.92 Å². The molecule has 1 saturated heterocycles. The zero-order valence-corrected chi connectivity index (χ0v) is 14.0. The first-order chi connectivity index (χ1) is 12.1. The van der Waals surface area contributed by atoms with Gasteiger partial charge in [-0.2, -0.15) is 0 Å². The van der Waals surface area contributed by atoms with Crippen molar-refractivity contribution in [2.24, 2.45) is 5.92 Å². The third kappa shape index (κ3) is 3.79. The van der Waals surface area contributed by atoms with Gasteiger partial charge in [0.15, 0.2) is 6.61 Å². The van der Waals surface area contributed by atoms with Crippen LogP contribution in [0.1, 0.15) is 29.4 Å². The second kappa shape index (κ2) is 7.34. The molecule has 6 heteroatoms. The molecule has 0 radical (unpaired) electrons. The Morgan fingerprint density at radius 1 is 1.24 bits per heavy atom. The number of rotatable bonds is 6. The molecule has 1 aromatic carbocycles. The SMILES string of the molecule is CCc1ccc(N2C[C@H](C(=O)OCC(=O)c3ccc[nH]3)CC2=O)cc1. The summed E-state index contributed by atoms with van der Waals surface area (Å²) in [5.74, 6) is -1.47. The molecule has 1 aliphatic rings. The van der Waals surface area contributed by atoms with E-state index in [0.29, 0.717) is 5.69 Å². The Kier molecular flexibility index (Phi) is 4.97. The van der Waals surface area contributed by atoms with Crippen LogP contribution in [0.4, 0.5) is 5.69 Å². The van der Waals surface area contributed by atoms with Gasteiger partial charge in [0.2, 0.25) is 11.7 Å². The van der Waals surface area contributed by atoms with Crippen LogP contribution >= 0.6 is 0 Å². The van der Waals surface area contributed by atoms with Crippen molar-refractivity contribution in [3.05, 3.63) is 53.9 Å². The Balaban J connectivity index is 1.57. The van der Waals surface area contributed by atoms with E-state index in [1.807, 2.05) is 24.3 Å². The van der Waals surface area contributed by atoms with Crippen LogP contribution < -0.4 is 4.90 Å². The van der Waals surface area contributed by atoms with Crippen molar-refractivity contribution >= 4 is 23.3 Å². The van der Waals surface area contributed by atoms with Gasteiger partial charge >= 0.3 is 5.97 Å². The lowest BCUT2D eigenvalue weighted by Gasteiger charge is -2.16. The van der Waals surface area contributed by atoms with E-state index in [4.69, 9.17) is 4.74 Å². The highest BCUT2D eigenvalue weighted by atomic mass is 16.5. The van der Waals surface area contributed by atoms with Crippen LogP contribution in [0.25, 0.3) is 0 Å². The van der Waals surface area contributed by atoms with E-state index in [2.05, 4.69) is 11.9 Å². The Morgan fingerprint density at radius 3 is 2.64 bits per heavy atom. The van der Waals surface area contributed by atoms with Gasteiger partial charge in [-0.3, -0.25) is 14.4 Å². The van der Waals surface area contributed by atoms with E-state index in [1.54, 1.807) is 23.2 Å². The molecular weight excluding hydrogens is 320 g/mol. The predicted octanol–water partition coefficient (Wildman–Crippen LogP) is 2.36. The summed E-state index contributed by atoms with van der Waals surface area (Å²) in [5, 5.41) is 0. The fourth-order valence-electron chi connectivity index (χ4n) is 2.86. The van der Waals surface area contributed by atoms with Gasteiger partial charge < -0.3 is 14.6 Å². The molecule has 1 aromatic heterocycles. The molecule has 2 aromatic rings. The summed E-state index contributed by atoms with van der Waals surface area (Å²) in [6.07, 6.45) is 2.66. The maximum atomic E-state index is 12.2. The number of amides is 1. The van der Waals surface area contributed by atoms with E-state index in [1.165, 1.54) is 5.56 Å². The van der Waals surface area contributed by atoms with E-state index >= 15 is 0 Å². The minimum atomic E-state index is -0.546. The van der Waals surface area contributed by atoms with Crippen molar-refractivity contribution in [1.82, 2.24) is 4.98 Å². The molecule has 130 valence electrons. The van der Waals surface area contributed by atoms with Gasteiger partial charge in [0, 0.05) is 24.8 Å². The van der Waals surface area contributed by atoms with Gasteiger partial charge in [0.05, 0.1) is 11.6 Å². The number of ketones is 1. The van der Waals surface area contributed by atoms with Gasteiger partial charge in [0.1, 0.15) is 0 Å². The topological polar surface area (TPSA) is 79.5 Å². The first-order valence-electron chi connectivity index (χ1n) is 8.31. The second-order valence-corrected chi connectivity index (χ2v) is 6.04. The highest BCUT2D eigenvalue weighted by Gasteiger charge is 2.36. The molecule has 3 rings (SSSR count). The molecule has 25 heavy (non-hydrogen) atoms. The monoisotopic (exact) mass is 340 g/mol. The fraction of sp³-hybridized carbons (Fsp3) is 0.316. The molecule has 0 spiro atoms. The van der Waals surface area contributed by atoms with Gasteiger partial charge in [-0.05, 0) is 36.2 Å². The number of carbonyl (C=O) groups is 3. The smallest absolute Gasteiger partial charge is 0.311 e. The van der Waals surface area contributed by atoms with Crippen molar-refractivity contribution in [2.75, 3.05) is 18.1 Å². The summed E-state index contributed by atoms with van der Waals surface area (Å²) in [7, 11) is 0. The van der Waals surface area contributed by atoms with Crippen LogP contribution in [-0.4, -0.2) is 35.8 Å². The number of hydrogen-bond acceptors (Lipinski definition) is 4. The van der Waals surface area contributed by atoms with E-state index in [-0.39, 0.29) is 31.3 Å². The molecule has 0 unspecified atom stereocenters. The number of aromatic amines is 1. The molecule has 6 nitrogen and oxygen atoms in total. The average Bonchev–Trinajstić information content (AvgIpc) is 3.29. The molecule has 0 aliphatic carbocycles. The number of H-pyrrole nitrogens is 1. The molecule has 0 saturated carbocycles. The Labute approximate surface area is 145 Å². The third-order valence-electron chi connectivity index (χ3n) is 4.36. The average molecular weight is 340 g/mol. The molecule has 1 amide bonds. The summed E-state index contributed by atoms with van der Waals surface area (Å²) in [4.78, 5) is 40.6. The largest absolute Gasteiger partial charge is 0.457 e. The maximum Gasteiger partial charge on any atom is 0.311 e. The number of benzene rings is 1. The van der Waals surface area contributed by atoms with Crippen LogP contribution in [0.15, 0.2) is 42.6 Å². The highest BCUT2D eigenvalue weighted by Crippen LogP contribution is 2.26. The van der Waals surface area contributed by atoms with Gasteiger partial charge in [-0.1, -0.05) is 19.1 Å². The van der Waals surface area contributed by atoms with Crippen LogP contribution in [-0.2, 0) is 20.7 Å². The standard InChI is InChI=1S/C19H20N2O4/c1-2-13-5-7-15(8-6-13)21-11-14(10-18(21)23)19(24)25-12-17(22)16-4-3-9-20-16/h3-9,14,20H,2,10-12H2,1H3/t14-/m1/s1. The number of nitrogens with one attached hydrogen (secondary N) is 1. The van der Waals surface area contributed by atoms with Crippen molar-refractivity contribution in [1.29, 1.82) is 0 Å². The molecule has 2 heterocycles. The normalized spacial score (nSPS) is 16.9. The number of aromatic nitrogens is 1. The predicted molar refractivity (Wildman–Crippen MR) is 92.4 cm³/mol. The van der Waals surface area contributed by atoms with Crippen molar-refractivity contribution in [3.8, 4) is 0 Å². The van der Waals surface area contributed by atoms with Crippen LogP contribution in [0.5, 0.6) is 0 Å². The first-order valence-corrected chi connectivity index (χ1v) is 8.31. The Hall–Kier alpha value is -2.89. The summed E-state index contributed by atoms with van der Waals surface area (Å²) in [5.41, 5.74) is 2.36. The molecule has 1 N–H and O–H groups in total. The zero-order chi connectivity index (χ0) is 17.8. The number of aryl methyl sites for hydroxylation is 1. The van der Waals surface area contributed by atoms with Crippen LogP contribution in [0.3, 0.4) is 0 Å². The highest BCUT2D eigenvalue weighted by molar-refractivity contribution is 6.00. The number of nitrogens with zero attached hydrogens (tertiary/aromatic N) is 1. The lowest BCUT2D eigenvalue weighted by molar-refractivity contribution is -0.147. The zero-order valence-electron chi connectivity index (χ0n) is 14.0. The molecule has 1 aliphatic heterocycles. The maximum absolute atomic E-state index is 12.2. The van der Waals surface area contributed by atoms with Gasteiger partial charge in [-0.15, -0.1) is 0 Å². The van der Waals surface area contributed by atoms with Gasteiger partial charge in [0.25, 0.3) is 0 Å². The molecular formula is C19H20N2O4. The van der Waals surface area contributed by atoms with E-state index in [9.17, 15) is 14.4 Å². The summed E-state index contributed by atoms with van der Waals surface area (Å²) < 4.78 is 5.09. The van der Waals surface area contributed by atoms with Crippen molar-refractivity contribution < 1.29 is 19.1 Å². The number of anilines is 1. The molecule has 1 fully saturated rings. The third-order valence-corrected chi connectivity index (χ3v) is 4.36. The number of ether oxygens (including phenoxy) is 1. The Bertz CT molecular complexity index is 765. The number of hydrogen-bond donors (Lipinski definition) is 1. The quantitative estimate of drug-likeness (QED) is 0.647. The fourth-order valence-corrected chi connectivity index (χ4v) is 2.86. The minimum absolute atomic E-state index is 0.102. The number of Topliss-reactive ketones (excluding diaryl/α,β-unsaturated/α-hetero) is 1. The lowest BCUT2D eigenvalue weighted by atomic mass is 10.1. The van der Waals surface area contributed by atoms with E-state index < -0.39 is 11.9 Å². The second-order valence-electron chi connectivity index (χ2n) is 6.04. The minimum Gasteiger partial charge on any atom is -0.457 e. The lowest BCUT2D eigenvalue weighted by Crippen LogP contribution is -2.27. The van der Waals surface area contributed by atoms with Gasteiger partial charge in [-0.25, -0.2) is 0 Å². The summed E-state index contributed by atoms with van der Waals surface area (Å²) in [6, 6.07) is 11.0. The first kappa shape index (κ1) is 17.0. The molecule has 0 bridgehead atoms.